The molecule has 0 aromatic heterocycles. The van der Waals surface area contributed by atoms with Crippen LogP contribution in [0.3, 0.4) is 0 Å². The van der Waals surface area contributed by atoms with Crippen LogP contribution in [0.25, 0.3) is 0 Å². The average molecular weight is 259 g/mol. The van der Waals surface area contributed by atoms with E-state index in [1.54, 1.807) is 17.1 Å². The van der Waals surface area contributed by atoms with E-state index in [1.807, 2.05) is 24.9 Å². The second-order valence-corrected chi connectivity index (χ2v) is 4.51. The average Bonchev–Trinajstić information content (AvgIpc) is 2.69. The van der Waals surface area contributed by atoms with Crippen molar-refractivity contribution in [3.8, 4) is 0 Å². The molecule has 0 unspecified atom stereocenters. The Hall–Kier alpha value is -2.10. The van der Waals surface area contributed by atoms with E-state index in [9.17, 15) is 4.39 Å². The third-order valence-electron chi connectivity index (χ3n) is 3.24. The van der Waals surface area contributed by atoms with Crippen molar-refractivity contribution in [2.75, 3.05) is 7.05 Å². The first-order valence-corrected chi connectivity index (χ1v) is 6.25. The lowest BCUT2D eigenvalue weighted by molar-refractivity contribution is 0.324. The zero-order valence-corrected chi connectivity index (χ0v) is 11.4. The van der Waals surface area contributed by atoms with Crippen LogP contribution in [-0.2, 0) is 6.54 Å². The molecule has 0 saturated carbocycles. The fourth-order valence-corrected chi connectivity index (χ4v) is 1.92. The third-order valence-corrected chi connectivity index (χ3v) is 3.24. The molecule has 0 atom stereocenters. The Kier molecular flexibility index (Phi) is 3.69. The van der Waals surface area contributed by atoms with Crippen LogP contribution in [0.2, 0.25) is 0 Å². The van der Waals surface area contributed by atoms with Crippen molar-refractivity contribution in [1.29, 1.82) is 0 Å². The van der Waals surface area contributed by atoms with E-state index in [2.05, 4.69) is 18.3 Å². The number of hydrazone groups is 1. The van der Waals surface area contributed by atoms with Crippen LogP contribution in [0.5, 0.6) is 0 Å². The number of benzene rings is 1. The smallest absolute Gasteiger partial charge is 0.157 e. The van der Waals surface area contributed by atoms with E-state index in [4.69, 9.17) is 0 Å². The second-order valence-electron chi connectivity index (χ2n) is 4.51. The fraction of sp³-hybridized carbons (Fsp3) is 0.267. The van der Waals surface area contributed by atoms with Gasteiger partial charge in [-0.1, -0.05) is 38.3 Å². The molecule has 1 aliphatic rings. The maximum atomic E-state index is 13.7. The van der Waals surface area contributed by atoms with Gasteiger partial charge in [-0.3, -0.25) is 0 Å². The minimum atomic E-state index is -0.226. The summed E-state index contributed by atoms with van der Waals surface area (Å²) in [6, 6.07) is 6.70. The molecule has 0 saturated heterocycles. The summed E-state index contributed by atoms with van der Waals surface area (Å²) < 4.78 is 13.7. The van der Waals surface area contributed by atoms with Gasteiger partial charge in [-0.2, -0.15) is 5.10 Å². The summed E-state index contributed by atoms with van der Waals surface area (Å²) in [6.07, 6.45) is 0.823. The molecule has 4 heteroatoms. The Morgan fingerprint density at radius 2 is 2.05 bits per heavy atom. The molecule has 100 valence electrons. The zero-order chi connectivity index (χ0) is 14.0. The van der Waals surface area contributed by atoms with Crippen LogP contribution in [-0.4, -0.2) is 22.8 Å². The van der Waals surface area contributed by atoms with Crippen LogP contribution in [0.1, 0.15) is 18.9 Å². The number of likely N-dealkylation sites (N-methyl/N-ethyl adjacent to an activating group) is 1. The molecule has 0 fully saturated rings. The summed E-state index contributed by atoms with van der Waals surface area (Å²) in [6.45, 7) is 10.4. The second kappa shape index (κ2) is 5.26. The number of amidine groups is 1. The minimum Gasteiger partial charge on any atom is -0.313 e. The highest BCUT2D eigenvalue weighted by molar-refractivity contribution is 5.99. The highest BCUT2D eigenvalue weighted by Gasteiger charge is 2.25. The maximum Gasteiger partial charge on any atom is 0.157 e. The van der Waals surface area contributed by atoms with Gasteiger partial charge in [-0.05, 0) is 18.1 Å². The fourth-order valence-electron chi connectivity index (χ4n) is 1.92. The Bertz CT molecular complexity index is 548. The van der Waals surface area contributed by atoms with Gasteiger partial charge >= 0.3 is 0 Å². The van der Waals surface area contributed by atoms with Crippen LogP contribution in [0.4, 0.5) is 4.39 Å². The summed E-state index contributed by atoms with van der Waals surface area (Å²) in [4.78, 5) is 1.88. The number of rotatable bonds is 4. The van der Waals surface area contributed by atoms with Crippen LogP contribution >= 0.6 is 0 Å². The van der Waals surface area contributed by atoms with Crippen LogP contribution in [0.15, 0.2) is 53.9 Å². The first-order chi connectivity index (χ1) is 9.04. The van der Waals surface area contributed by atoms with Gasteiger partial charge < -0.3 is 4.90 Å². The van der Waals surface area contributed by atoms with Crippen molar-refractivity contribution in [3.05, 3.63) is 60.2 Å². The van der Waals surface area contributed by atoms with E-state index in [1.165, 1.54) is 6.07 Å². The number of hydrogen-bond donors (Lipinski definition) is 0. The molecule has 3 nitrogen and oxygen atoms in total. The summed E-state index contributed by atoms with van der Waals surface area (Å²) in [7, 11) is 1.89. The zero-order valence-electron chi connectivity index (χ0n) is 11.4. The molecule has 19 heavy (non-hydrogen) atoms. The maximum absolute atomic E-state index is 13.7. The topological polar surface area (TPSA) is 18.8 Å². The van der Waals surface area contributed by atoms with Gasteiger partial charge in [0.2, 0.25) is 0 Å². The van der Waals surface area contributed by atoms with E-state index < -0.39 is 0 Å². The van der Waals surface area contributed by atoms with Gasteiger partial charge in [0.15, 0.2) is 5.84 Å². The van der Waals surface area contributed by atoms with Gasteiger partial charge in [-0.25, -0.2) is 9.40 Å². The van der Waals surface area contributed by atoms with Crippen molar-refractivity contribution in [2.24, 2.45) is 5.10 Å². The van der Waals surface area contributed by atoms with E-state index in [-0.39, 0.29) is 5.82 Å². The largest absolute Gasteiger partial charge is 0.313 e. The number of hydrogen-bond acceptors (Lipinski definition) is 3. The molecule has 1 aromatic rings. The third kappa shape index (κ3) is 2.52. The Labute approximate surface area is 113 Å². The quantitative estimate of drug-likeness (QED) is 0.826. The molecule has 0 amide bonds. The molecule has 2 rings (SSSR count). The van der Waals surface area contributed by atoms with Gasteiger partial charge in [0, 0.05) is 12.6 Å². The van der Waals surface area contributed by atoms with Crippen LogP contribution < -0.4 is 0 Å². The predicted molar refractivity (Wildman–Crippen MR) is 75.7 cm³/mol. The monoisotopic (exact) mass is 259 g/mol. The number of halogens is 1. The first kappa shape index (κ1) is 13.3. The molecular formula is C15H18FN3. The molecule has 1 heterocycles. The highest BCUT2D eigenvalue weighted by atomic mass is 19.1. The van der Waals surface area contributed by atoms with Crippen molar-refractivity contribution in [1.82, 2.24) is 9.91 Å². The standard InChI is InChI=1S/C15H18FN3/c1-5-11(2)15-17-19(12(3)18(15)4)10-13-8-6-7-9-14(13)16/h6-9H,2-3,5,10H2,1,4H3. The summed E-state index contributed by atoms with van der Waals surface area (Å²) in [5.41, 5.74) is 1.55. The molecule has 1 aliphatic heterocycles. The number of nitrogens with zero attached hydrogens (tertiary/aromatic N) is 3. The Balaban J connectivity index is 2.22. The predicted octanol–water partition coefficient (Wildman–Crippen LogP) is 3.32. The normalized spacial score (nSPS) is 14.9. The molecule has 1 aromatic carbocycles. The van der Waals surface area contributed by atoms with Crippen molar-refractivity contribution in [2.45, 2.75) is 19.9 Å². The molecule has 0 bridgehead atoms. The lowest BCUT2D eigenvalue weighted by atomic mass is 10.2. The van der Waals surface area contributed by atoms with E-state index >= 15 is 0 Å². The molecule has 0 spiro atoms. The molecular weight excluding hydrogens is 241 g/mol. The first-order valence-electron chi connectivity index (χ1n) is 6.25. The van der Waals surface area contributed by atoms with Crippen molar-refractivity contribution in [3.63, 3.8) is 0 Å². The SMILES string of the molecule is C=C(CC)C1=NN(Cc2ccccc2F)C(=C)N1C. The lowest BCUT2D eigenvalue weighted by Gasteiger charge is -2.19. The lowest BCUT2D eigenvalue weighted by Crippen LogP contribution is -2.24. The molecule has 0 aliphatic carbocycles. The van der Waals surface area contributed by atoms with Crippen molar-refractivity contribution < 1.29 is 4.39 Å². The summed E-state index contributed by atoms with van der Waals surface area (Å²) in [5, 5.41) is 6.17. The van der Waals surface area contributed by atoms with E-state index in [0.717, 1.165) is 23.7 Å². The Morgan fingerprint density at radius 1 is 1.37 bits per heavy atom. The van der Waals surface area contributed by atoms with Crippen molar-refractivity contribution >= 4 is 5.84 Å². The van der Waals surface area contributed by atoms with Crippen LogP contribution in [0, 0.1) is 5.82 Å². The molecule has 0 radical (unpaired) electrons. The van der Waals surface area contributed by atoms with E-state index in [0.29, 0.717) is 12.1 Å². The minimum absolute atomic E-state index is 0.226. The van der Waals surface area contributed by atoms with Gasteiger partial charge in [0.1, 0.15) is 11.6 Å². The van der Waals surface area contributed by atoms with Gasteiger partial charge in [0.05, 0.1) is 6.54 Å². The highest BCUT2D eigenvalue weighted by Crippen LogP contribution is 2.24. The summed E-state index contributed by atoms with van der Waals surface area (Å²) in [5.74, 6) is 1.30. The Morgan fingerprint density at radius 3 is 2.68 bits per heavy atom. The summed E-state index contributed by atoms with van der Waals surface area (Å²) >= 11 is 0. The van der Waals surface area contributed by atoms with Gasteiger partial charge in [-0.15, -0.1) is 0 Å². The van der Waals surface area contributed by atoms with Gasteiger partial charge in [0.25, 0.3) is 0 Å². The molecule has 0 N–H and O–H groups in total.